The van der Waals surface area contributed by atoms with E-state index in [-0.39, 0.29) is 81.2 Å². The number of phosphoric ester groups is 1. The van der Waals surface area contributed by atoms with Gasteiger partial charge in [-0.1, -0.05) is 210 Å². The number of carbonyl (C=O) groups is 3. The van der Waals surface area contributed by atoms with Crippen LogP contribution in [0.15, 0.2) is 22.7 Å². The summed E-state index contributed by atoms with van der Waals surface area (Å²) in [4.78, 5) is 50.6. The Balaban J connectivity index is 0.0000281. The fourth-order valence-electron chi connectivity index (χ4n) is 8.79. The average molecular weight is 1160 g/mol. The molecule has 1 aromatic carbocycles. The first-order valence-corrected chi connectivity index (χ1v) is 31.7. The number of hydrogen-bond acceptors (Lipinski definition) is 14. The van der Waals surface area contributed by atoms with Gasteiger partial charge in [-0.2, -0.15) is 0 Å². The Kier molecular flexibility index (Phi) is 47.9. The molecule has 14 nitrogen and oxygen atoms in total. The minimum atomic E-state index is -4.85. The molecule has 0 N–H and O–H groups in total. The molecule has 1 aliphatic heterocycles. The Morgan fingerprint density at radius 2 is 1.03 bits per heavy atom. The summed E-state index contributed by atoms with van der Waals surface area (Å²) in [6, 6.07) is 5.65. The van der Waals surface area contributed by atoms with Gasteiger partial charge in [0.1, 0.15) is 18.5 Å². The number of carbonyl (C=O) groups excluding carboxylic acids is 3. The van der Waals surface area contributed by atoms with Crippen molar-refractivity contribution in [3.63, 3.8) is 0 Å². The van der Waals surface area contributed by atoms with Crippen molar-refractivity contribution >= 4 is 41.7 Å². The molecule has 1 aliphatic rings. The fourth-order valence-corrected chi connectivity index (χ4v) is 10.0. The first kappa shape index (κ1) is 71.9. The normalized spacial score (nSPS) is 15.7. The minimum absolute atomic E-state index is 0. The molecule has 0 bridgehead atoms. The molecule has 17 heteroatoms. The van der Waals surface area contributed by atoms with Crippen molar-refractivity contribution < 1.29 is 95.6 Å². The number of hydrogen-bond donors (Lipinski definition) is 0. The Hall–Kier alpha value is -1.10. The van der Waals surface area contributed by atoms with Gasteiger partial charge in [-0.25, -0.2) is 0 Å². The maximum atomic E-state index is 12.9. The molecule has 1 heterocycles. The summed E-state index contributed by atoms with van der Waals surface area (Å²) in [5.74, 6) is -0.706. The third-order valence-electron chi connectivity index (χ3n) is 13.2. The van der Waals surface area contributed by atoms with Crippen LogP contribution in [0.4, 0.5) is 0 Å². The third kappa shape index (κ3) is 41.6. The van der Waals surface area contributed by atoms with E-state index in [0.717, 1.165) is 54.3 Å². The molecule has 1 saturated heterocycles. The van der Waals surface area contributed by atoms with Gasteiger partial charge in [0.25, 0.3) is 7.82 Å². The molecule has 0 saturated carbocycles. The standard InChI is InChI=1S/C58H102BrO14P.Na/c1-4-7-9-11-13-15-17-19-21-23-25-27-29-31-33-37-56(61)68-48-52(73-57(62)38-34-32-30-28-26-24-22-20-18-16-14-12-10-8-5-2)49-72-74(63,64)71-44-35-39-55(60)67-43-36-42-66-51-46-69-58(70-47-51)53-45-50(65-6-3)40-41-54(53)59;/h40-41,45,51-52,58H,4-39,42-44,46-49H2,1-3H3,(H,63,64);/q;+1/p-1. The molecule has 2 rings (SSSR count). The molecular weight excluding hydrogens is 1050 g/mol. The number of esters is 3. The van der Waals surface area contributed by atoms with E-state index in [1.165, 1.54) is 141 Å². The predicted molar refractivity (Wildman–Crippen MR) is 294 cm³/mol. The maximum Gasteiger partial charge on any atom is 1.00 e. The molecule has 2 atom stereocenters. The van der Waals surface area contributed by atoms with E-state index >= 15 is 0 Å². The molecule has 0 spiro atoms. The van der Waals surface area contributed by atoms with Crippen LogP contribution in [0.2, 0.25) is 0 Å². The van der Waals surface area contributed by atoms with Crippen molar-refractivity contribution in [3.05, 3.63) is 28.2 Å². The van der Waals surface area contributed by atoms with Crippen LogP contribution in [0.1, 0.15) is 257 Å². The van der Waals surface area contributed by atoms with Crippen molar-refractivity contribution in [1.29, 1.82) is 0 Å². The van der Waals surface area contributed by atoms with Crippen molar-refractivity contribution in [2.45, 2.75) is 264 Å². The van der Waals surface area contributed by atoms with E-state index in [2.05, 4.69) is 29.8 Å². The number of rotatable bonds is 51. The van der Waals surface area contributed by atoms with Crippen LogP contribution in [0.5, 0.6) is 5.75 Å². The second-order valence-electron chi connectivity index (χ2n) is 20.1. The molecule has 1 fully saturated rings. The third-order valence-corrected chi connectivity index (χ3v) is 14.9. The van der Waals surface area contributed by atoms with E-state index in [1.54, 1.807) is 0 Å². The number of benzene rings is 1. The van der Waals surface area contributed by atoms with Gasteiger partial charge in [0.15, 0.2) is 12.4 Å². The Labute approximate surface area is 485 Å². The summed E-state index contributed by atoms with van der Waals surface area (Å²) >= 11 is 3.54. The van der Waals surface area contributed by atoms with Crippen LogP contribution in [-0.4, -0.2) is 83.0 Å². The second kappa shape index (κ2) is 49.9. The van der Waals surface area contributed by atoms with Crippen molar-refractivity contribution in [2.75, 3.05) is 52.9 Å². The predicted octanol–water partition coefficient (Wildman–Crippen LogP) is 12.5. The van der Waals surface area contributed by atoms with E-state index in [1.807, 2.05) is 25.1 Å². The summed E-state index contributed by atoms with van der Waals surface area (Å²) in [7, 11) is -4.85. The fraction of sp³-hybridized carbons (Fsp3) is 0.845. The van der Waals surface area contributed by atoms with E-state index in [4.69, 9.17) is 42.2 Å². The van der Waals surface area contributed by atoms with Crippen molar-refractivity contribution in [3.8, 4) is 5.75 Å². The summed E-state index contributed by atoms with van der Waals surface area (Å²) in [6.45, 7) is 6.89. The zero-order chi connectivity index (χ0) is 53.6. The van der Waals surface area contributed by atoms with Gasteiger partial charge in [-0.15, -0.1) is 0 Å². The Morgan fingerprint density at radius 1 is 0.573 bits per heavy atom. The molecule has 1 aromatic rings. The SMILES string of the molecule is CCCCCCCCCCCCCCCCCC(=O)OCC(COP(=O)([O-])OCCCC(=O)OCCCOC1COC(c2cc(OCC)ccc2Br)OC1)OC(=O)CCCCCCCCCCCCCCCCC.[Na+]. The molecule has 2 unspecified atom stereocenters. The molecule has 0 amide bonds. The van der Waals surface area contributed by atoms with Gasteiger partial charge in [0.05, 0.1) is 46.2 Å². The van der Waals surface area contributed by atoms with E-state index < -0.39 is 44.7 Å². The van der Waals surface area contributed by atoms with Crippen LogP contribution >= 0.6 is 23.8 Å². The number of phosphoric acid groups is 1. The van der Waals surface area contributed by atoms with E-state index in [0.29, 0.717) is 45.7 Å². The van der Waals surface area contributed by atoms with Crippen molar-refractivity contribution in [1.82, 2.24) is 0 Å². The Bertz CT molecular complexity index is 1580. The van der Waals surface area contributed by atoms with Crippen LogP contribution in [0, 0.1) is 0 Å². The summed E-state index contributed by atoms with van der Waals surface area (Å²) < 4.78 is 63.2. The zero-order valence-electron chi connectivity index (χ0n) is 47.4. The molecule has 0 aliphatic carbocycles. The summed E-state index contributed by atoms with van der Waals surface area (Å²) in [5.41, 5.74) is 0.833. The molecule has 75 heavy (non-hydrogen) atoms. The minimum Gasteiger partial charge on any atom is -0.756 e. The topological polar surface area (TPSA) is 174 Å². The van der Waals surface area contributed by atoms with Crippen LogP contribution in [-0.2, 0) is 56.4 Å². The van der Waals surface area contributed by atoms with Crippen LogP contribution in [0.3, 0.4) is 0 Å². The largest absolute Gasteiger partial charge is 1.00 e. The first-order valence-electron chi connectivity index (χ1n) is 29.4. The van der Waals surface area contributed by atoms with Gasteiger partial charge in [-0.3, -0.25) is 18.9 Å². The van der Waals surface area contributed by atoms with Crippen LogP contribution < -0.4 is 39.2 Å². The van der Waals surface area contributed by atoms with Gasteiger partial charge < -0.3 is 47.1 Å². The number of halogens is 1. The summed E-state index contributed by atoms with van der Waals surface area (Å²) in [5, 5.41) is 0. The Morgan fingerprint density at radius 3 is 1.52 bits per heavy atom. The van der Waals surface area contributed by atoms with Gasteiger partial charge in [0.2, 0.25) is 0 Å². The average Bonchev–Trinajstić information content (AvgIpc) is 3.39. The van der Waals surface area contributed by atoms with Gasteiger partial charge >= 0.3 is 47.5 Å². The zero-order valence-corrected chi connectivity index (χ0v) is 51.9. The quantitative estimate of drug-likeness (QED) is 0.0198. The molecule has 430 valence electrons. The van der Waals surface area contributed by atoms with Gasteiger partial charge in [0, 0.05) is 35.7 Å². The first-order chi connectivity index (χ1) is 36.1. The number of ether oxygens (including phenoxy) is 7. The monoisotopic (exact) mass is 1150 g/mol. The maximum absolute atomic E-state index is 12.9. The number of unbranched alkanes of at least 4 members (excludes halogenated alkanes) is 28. The molecule has 0 aromatic heterocycles. The molecule has 0 radical (unpaired) electrons. The summed E-state index contributed by atoms with van der Waals surface area (Å²) in [6.07, 6.45) is 35.4. The van der Waals surface area contributed by atoms with Gasteiger partial charge in [-0.05, 0) is 44.4 Å². The van der Waals surface area contributed by atoms with Crippen LogP contribution in [0.25, 0.3) is 0 Å². The second-order valence-corrected chi connectivity index (χ2v) is 22.3. The van der Waals surface area contributed by atoms with Crippen molar-refractivity contribution in [2.24, 2.45) is 0 Å². The molecular formula is C58H101BrNaO14P. The smallest absolute Gasteiger partial charge is 0.756 e. The van der Waals surface area contributed by atoms with E-state index in [9.17, 15) is 23.8 Å².